The molecule has 0 spiro atoms. The zero-order chi connectivity index (χ0) is 18.2. The summed E-state index contributed by atoms with van der Waals surface area (Å²) in [4.78, 5) is 17.3. The van der Waals surface area contributed by atoms with Crippen LogP contribution in [-0.4, -0.2) is 53.5 Å². The molecule has 1 aromatic heterocycles. The smallest absolute Gasteiger partial charge is 0.172 e. The predicted octanol–water partition coefficient (Wildman–Crippen LogP) is 2.44. The highest BCUT2D eigenvalue weighted by Crippen LogP contribution is 2.21. The Balaban J connectivity index is 1.49. The van der Waals surface area contributed by atoms with Gasteiger partial charge < -0.3 is 10.4 Å². The maximum atomic E-state index is 10.9. The number of piperazine rings is 1. The number of pyridine rings is 1. The molecule has 5 heteroatoms. The van der Waals surface area contributed by atoms with Crippen LogP contribution in [0.5, 0.6) is 5.75 Å². The minimum absolute atomic E-state index is 0.0339. The van der Waals surface area contributed by atoms with Crippen molar-refractivity contribution in [2.45, 2.75) is 31.7 Å². The summed E-state index contributed by atoms with van der Waals surface area (Å²) in [6.45, 7) is 4.21. The fourth-order valence-electron chi connectivity index (χ4n) is 3.62. The first-order chi connectivity index (χ1) is 12.8. The molecular weight excluding hydrogens is 326 g/mol. The van der Waals surface area contributed by atoms with E-state index in [9.17, 15) is 9.90 Å². The summed E-state index contributed by atoms with van der Waals surface area (Å²) >= 11 is 0. The number of rotatable bonds is 8. The van der Waals surface area contributed by atoms with Gasteiger partial charge in [0, 0.05) is 31.9 Å². The molecule has 2 heterocycles. The third-order valence-electron chi connectivity index (χ3n) is 5.08. The third-order valence-corrected chi connectivity index (χ3v) is 5.08. The van der Waals surface area contributed by atoms with Gasteiger partial charge in [-0.3, -0.25) is 9.69 Å². The number of carbonyl (C=O) groups is 1. The topological polar surface area (TPSA) is 65.5 Å². The van der Waals surface area contributed by atoms with Gasteiger partial charge in [0.15, 0.2) is 6.29 Å². The van der Waals surface area contributed by atoms with E-state index in [0.29, 0.717) is 12.3 Å². The van der Waals surface area contributed by atoms with Gasteiger partial charge in [-0.25, -0.2) is 4.98 Å². The van der Waals surface area contributed by atoms with E-state index in [1.165, 1.54) is 5.56 Å². The second-order valence-corrected chi connectivity index (χ2v) is 6.86. The lowest BCUT2D eigenvalue weighted by Crippen LogP contribution is -2.52. The molecule has 0 saturated carbocycles. The van der Waals surface area contributed by atoms with Gasteiger partial charge in [-0.15, -0.1) is 0 Å². The number of nitrogens with zero attached hydrogens (tertiary/aromatic N) is 2. The number of aromatic nitrogens is 1. The van der Waals surface area contributed by atoms with Crippen LogP contribution in [0.3, 0.4) is 0 Å². The van der Waals surface area contributed by atoms with Gasteiger partial charge in [-0.2, -0.15) is 0 Å². The van der Waals surface area contributed by atoms with Gasteiger partial charge in [-0.1, -0.05) is 30.3 Å². The van der Waals surface area contributed by atoms with Gasteiger partial charge in [0.1, 0.15) is 11.4 Å². The van der Waals surface area contributed by atoms with E-state index < -0.39 is 0 Å². The molecule has 1 atom stereocenters. The van der Waals surface area contributed by atoms with Crippen molar-refractivity contribution in [1.82, 2.24) is 15.2 Å². The van der Waals surface area contributed by atoms with E-state index in [0.717, 1.165) is 57.4 Å². The number of aryl methyl sites for hydroxylation is 1. The molecule has 1 aliphatic rings. The summed E-state index contributed by atoms with van der Waals surface area (Å²) in [6.07, 6.45) is 6.09. The first-order valence-corrected chi connectivity index (χ1v) is 9.38. The molecule has 2 aromatic rings. The highest BCUT2D eigenvalue weighted by Gasteiger charge is 2.21. The third kappa shape index (κ3) is 4.90. The van der Waals surface area contributed by atoms with Crippen molar-refractivity contribution in [2.75, 3.05) is 26.2 Å². The number of hydrogen-bond acceptors (Lipinski definition) is 5. The monoisotopic (exact) mass is 353 g/mol. The molecular formula is C21H27N3O2. The van der Waals surface area contributed by atoms with Crippen molar-refractivity contribution in [3.05, 3.63) is 59.4 Å². The van der Waals surface area contributed by atoms with Gasteiger partial charge in [-0.05, 0) is 49.4 Å². The second kappa shape index (κ2) is 9.46. The quantitative estimate of drug-likeness (QED) is 0.564. The Labute approximate surface area is 155 Å². The number of hydrogen-bond donors (Lipinski definition) is 2. The molecule has 2 N–H and O–H groups in total. The van der Waals surface area contributed by atoms with Gasteiger partial charge in [0.2, 0.25) is 0 Å². The molecule has 0 aliphatic carbocycles. The van der Waals surface area contributed by atoms with Crippen LogP contribution >= 0.6 is 0 Å². The van der Waals surface area contributed by atoms with Crippen LogP contribution in [0.25, 0.3) is 0 Å². The lowest BCUT2D eigenvalue weighted by atomic mass is 10.0. The van der Waals surface area contributed by atoms with Gasteiger partial charge in [0.05, 0.1) is 0 Å². The number of aldehydes is 1. The summed E-state index contributed by atoms with van der Waals surface area (Å²) in [5.41, 5.74) is 2.32. The Bertz CT molecular complexity index is 706. The maximum Gasteiger partial charge on any atom is 0.172 e. The Morgan fingerprint density at radius 3 is 2.88 bits per heavy atom. The average Bonchev–Trinajstić information content (AvgIpc) is 2.68. The van der Waals surface area contributed by atoms with Crippen molar-refractivity contribution in [2.24, 2.45) is 0 Å². The predicted molar refractivity (Wildman–Crippen MR) is 103 cm³/mol. The zero-order valence-electron chi connectivity index (χ0n) is 15.1. The molecule has 26 heavy (non-hydrogen) atoms. The van der Waals surface area contributed by atoms with Crippen LogP contribution in [-0.2, 0) is 12.8 Å². The summed E-state index contributed by atoms with van der Waals surface area (Å²) in [6, 6.07) is 13.0. The molecule has 1 fully saturated rings. The Kier molecular flexibility index (Phi) is 6.75. The molecule has 5 nitrogen and oxygen atoms in total. The number of benzene rings is 1. The number of carbonyl (C=O) groups excluding carboxylic acids is 1. The van der Waals surface area contributed by atoms with Crippen molar-refractivity contribution in [1.29, 1.82) is 0 Å². The minimum Gasteiger partial charge on any atom is -0.505 e. The summed E-state index contributed by atoms with van der Waals surface area (Å²) in [7, 11) is 0. The van der Waals surface area contributed by atoms with Crippen LogP contribution in [0.15, 0.2) is 42.6 Å². The van der Waals surface area contributed by atoms with Crippen LogP contribution in [0.2, 0.25) is 0 Å². The molecule has 0 amide bonds. The molecule has 1 aromatic carbocycles. The van der Waals surface area contributed by atoms with Crippen molar-refractivity contribution in [3.63, 3.8) is 0 Å². The van der Waals surface area contributed by atoms with E-state index >= 15 is 0 Å². The Hall–Kier alpha value is -2.24. The summed E-state index contributed by atoms with van der Waals surface area (Å²) in [5, 5.41) is 13.5. The minimum atomic E-state index is 0.0339. The Morgan fingerprint density at radius 2 is 2.08 bits per heavy atom. The van der Waals surface area contributed by atoms with E-state index in [4.69, 9.17) is 0 Å². The van der Waals surface area contributed by atoms with Crippen LogP contribution in [0, 0.1) is 0 Å². The largest absolute Gasteiger partial charge is 0.505 e. The second-order valence-electron chi connectivity index (χ2n) is 6.86. The molecule has 3 rings (SSSR count). The highest BCUT2D eigenvalue weighted by molar-refractivity contribution is 5.76. The number of nitrogens with one attached hydrogen (secondary N) is 1. The molecule has 1 saturated heterocycles. The van der Waals surface area contributed by atoms with Gasteiger partial charge in [0.25, 0.3) is 0 Å². The molecule has 0 radical (unpaired) electrons. The highest BCUT2D eigenvalue weighted by atomic mass is 16.3. The number of unbranched alkanes of at least 4 members (excludes halogenated alkanes) is 1. The average molecular weight is 353 g/mol. The van der Waals surface area contributed by atoms with Crippen molar-refractivity contribution < 1.29 is 9.90 Å². The zero-order valence-corrected chi connectivity index (χ0v) is 15.1. The molecule has 138 valence electrons. The molecule has 1 aliphatic heterocycles. The maximum absolute atomic E-state index is 10.9. The van der Waals surface area contributed by atoms with E-state index in [-0.39, 0.29) is 11.4 Å². The fraction of sp³-hybridized carbons (Fsp3) is 0.429. The lowest BCUT2D eigenvalue weighted by molar-refractivity contribution is 0.111. The SMILES string of the molecule is O=Cc1nccc(CCCCN2CCNCC2Cc2ccccc2)c1O. The Morgan fingerprint density at radius 1 is 1.23 bits per heavy atom. The van der Waals surface area contributed by atoms with Crippen LogP contribution in [0.4, 0.5) is 0 Å². The summed E-state index contributed by atoms with van der Waals surface area (Å²) < 4.78 is 0. The first-order valence-electron chi connectivity index (χ1n) is 9.38. The standard InChI is InChI=1S/C21H27N3O2/c25-16-20-21(26)18(9-10-23-20)8-4-5-12-24-13-11-22-15-19(24)14-17-6-2-1-3-7-17/h1-3,6-7,9-10,16,19,22,26H,4-5,8,11-15H2. The summed E-state index contributed by atoms with van der Waals surface area (Å²) in [5.74, 6) is 0.0339. The van der Waals surface area contributed by atoms with E-state index in [1.807, 2.05) is 0 Å². The molecule has 1 unspecified atom stereocenters. The van der Waals surface area contributed by atoms with Crippen molar-refractivity contribution >= 4 is 6.29 Å². The van der Waals surface area contributed by atoms with Crippen LogP contribution < -0.4 is 5.32 Å². The molecule has 0 bridgehead atoms. The van der Waals surface area contributed by atoms with Crippen molar-refractivity contribution in [3.8, 4) is 5.75 Å². The van der Waals surface area contributed by atoms with Gasteiger partial charge >= 0.3 is 0 Å². The number of aromatic hydroxyl groups is 1. The van der Waals surface area contributed by atoms with E-state index in [2.05, 4.69) is 45.5 Å². The lowest BCUT2D eigenvalue weighted by Gasteiger charge is -2.36. The van der Waals surface area contributed by atoms with Crippen LogP contribution in [0.1, 0.15) is 34.5 Å². The fourth-order valence-corrected chi connectivity index (χ4v) is 3.62. The normalized spacial score (nSPS) is 17.9. The van der Waals surface area contributed by atoms with E-state index in [1.54, 1.807) is 12.3 Å². The first kappa shape index (κ1) is 18.5.